The molecule has 1 atom stereocenters. The maximum absolute atomic E-state index is 8.74. The third-order valence-corrected chi connectivity index (χ3v) is 2.28. The Labute approximate surface area is 96.3 Å². The highest BCUT2D eigenvalue weighted by molar-refractivity contribution is 5.47. The smallest absolute Gasteiger partial charge is 0.132 e. The number of anilines is 2. The van der Waals surface area contributed by atoms with E-state index in [2.05, 4.69) is 27.5 Å². The summed E-state index contributed by atoms with van der Waals surface area (Å²) < 4.78 is 0. The van der Waals surface area contributed by atoms with Crippen LogP contribution in [0.15, 0.2) is 6.07 Å². The minimum Gasteiger partial charge on any atom is -0.396 e. The molecule has 0 aliphatic rings. The van der Waals surface area contributed by atoms with E-state index in [0.717, 1.165) is 30.3 Å². The molecular formula is C11H20N4O. The van der Waals surface area contributed by atoms with Crippen molar-refractivity contribution in [3.8, 4) is 0 Å². The van der Waals surface area contributed by atoms with Gasteiger partial charge in [-0.2, -0.15) is 0 Å². The largest absolute Gasteiger partial charge is 0.396 e. The van der Waals surface area contributed by atoms with Gasteiger partial charge in [0.1, 0.15) is 17.5 Å². The van der Waals surface area contributed by atoms with E-state index in [1.54, 1.807) is 0 Å². The van der Waals surface area contributed by atoms with Gasteiger partial charge in [-0.25, -0.2) is 9.97 Å². The van der Waals surface area contributed by atoms with Crippen molar-refractivity contribution < 1.29 is 5.11 Å². The van der Waals surface area contributed by atoms with Crippen molar-refractivity contribution in [3.63, 3.8) is 0 Å². The van der Waals surface area contributed by atoms with E-state index in [1.807, 2.05) is 20.0 Å². The predicted molar refractivity (Wildman–Crippen MR) is 65.7 cm³/mol. The maximum atomic E-state index is 8.74. The molecule has 1 heterocycles. The van der Waals surface area contributed by atoms with Gasteiger partial charge in [0.15, 0.2) is 0 Å². The van der Waals surface area contributed by atoms with Gasteiger partial charge in [-0.05, 0) is 26.7 Å². The van der Waals surface area contributed by atoms with Crippen LogP contribution in [0.3, 0.4) is 0 Å². The number of aromatic nitrogens is 2. The minimum absolute atomic E-state index is 0.233. The molecule has 0 fully saturated rings. The summed E-state index contributed by atoms with van der Waals surface area (Å²) in [5, 5.41) is 15.0. The first-order valence-corrected chi connectivity index (χ1v) is 5.56. The van der Waals surface area contributed by atoms with Crippen molar-refractivity contribution >= 4 is 11.6 Å². The second-order valence-corrected chi connectivity index (χ2v) is 3.85. The van der Waals surface area contributed by atoms with E-state index in [-0.39, 0.29) is 6.61 Å². The average Bonchev–Trinajstić information content (AvgIpc) is 2.25. The van der Waals surface area contributed by atoms with Gasteiger partial charge in [-0.3, -0.25) is 0 Å². The average molecular weight is 224 g/mol. The third kappa shape index (κ3) is 4.02. The lowest BCUT2D eigenvalue weighted by Crippen LogP contribution is -2.17. The molecule has 5 nitrogen and oxygen atoms in total. The Balaban J connectivity index is 2.61. The molecular weight excluding hydrogens is 204 g/mol. The van der Waals surface area contributed by atoms with Gasteiger partial charge >= 0.3 is 0 Å². The Morgan fingerprint density at radius 3 is 2.69 bits per heavy atom. The summed E-state index contributed by atoms with van der Waals surface area (Å²) in [6, 6.07) is 2.17. The summed E-state index contributed by atoms with van der Waals surface area (Å²) in [6.45, 7) is 4.17. The highest BCUT2D eigenvalue weighted by Gasteiger charge is 2.04. The maximum Gasteiger partial charge on any atom is 0.132 e. The van der Waals surface area contributed by atoms with E-state index in [1.165, 1.54) is 0 Å². The molecule has 0 aliphatic heterocycles. The molecule has 0 aliphatic carbocycles. The van der Waals surface area contributed by atoms with Crippen molar-refractivity contribution in [2.24, 2.45) is 0 Å². The molecule has 1 aromatic rings. The summed E-state index contributed by atoms with van der Waals surface area (Å²) in [5.41, 5.74) is 0. The summed E-state index contributed by atoms with van der Waals surface area (Å²) in [7, 11) is 1.83. The number of hydrogen-bond donors (Lipinski definition) is 3. The van der Waals surface area contributed by atoms with Crippen LogP contribution < -0.4 is 10.6 Å². The Hall–Kier alpha value is -1.36. The predicted octanol–water partition coefficient (Wildman–Crippen LogP) is 1.40. The van der Waals surface area contributed by atoms with E-state index in [0.29, 0.717) is 6.04 Å². The van der Waals surface area contributed by atoms with Crippen LogP contribution in [0.25, 0.3) is 0 Å². The first-order chi connectivity index (χ1) is 7.65. The summed E-state index contributed by atoms with van der Waals surface area (Å²) in [6.07, 6.45) is 1.73. The van der Waals surface area contributed by atoms with Gasteiger partial charge in [-0.15, -0.1) is 0 Å². The van der Waals surface area contributed by atoms with Gasteiger partial charge in [-0.1, -0.05) is 0 Å². The van der Waals surface area contributed by atoms with Crippen LogP contribution in [0.5, 0.6) is 0 Å². The first kappa shape index (κ1) is 12.7. The minimum atomic E-state index is 0.233. The van der Waals surface area contributed by atoms with E-state index in [9.17, 15) is 0 Å². The van der Waals surface area contributed by atoms with Crippen LogP contribution >= 0.6 is 0 Å². The Morgan fingerprint density at radius 1 is 1.38 bits per heavy atom. The standard InChI is InChI=1S/C11H20N4O/c1-8(5-4-6-16)13-11-7-10(12-3)14-9(2)15-11/h7-8,16H,4-6H2,1-3H3,(H2,12,13,14,15). The second-order valence-electron chi connectivity index (χ2n) is 3.85. The van der Waals surface area contributed by atoms with Crippen molar-refractivity contribution in [2.75, 3.05) is 24.3 Å². The Morgan fingerprint density at radius 2 is 2.06 bits per heavy atom. The number of nitrogens with one attached hydrogen (secondary N) is 2. The van der Waals surface area contributed by atoms with Crippen molar-refractivity contribution in [3.05, 3.63) is 11.9 Å². The molecule has 0 amide bonds. The third-order valence-electron chi connectivity index (χ3n) is 2.28. The van der Waals surface area contributed by atoms with Crippen molar-refractivity contribution in [1.29, 1.82) is 0 Å². The lowest BCUT2D eigenvalue weighted by molar-refractivity contribution is 0.282. The summed E-state index contributed by atoms with van der Waals surface area (Å²) in [5.74, 6) is 2.37. The number of rotatable bonds is 6. The molecule has 0 aromatic carbocycles. The number of aryl methyl sites for hydroxylation is 1. The van der Waals surface area contributed by atoms with Gasteiger partial charge < -0.3 is 15.7 Å². The summed E-state index contributed by atoms with van der Waals surface area (Å²) in [4.78, 5) is 8.52. The SMILES string of the molecule is CNc1cc(NC(C)CCCO)nc(C)n1. The molecule has 1 aromatic heterocycles. The molecule has 0 spiro atoms. The Bertz CT molecular complexity index is 330. The zero-order valence-corrected chi connectivity index (χ0v) is 10.1. The highest BCUT2D eigenvalue weighted by Crippen LogP contribution is 2.12. The molecule has 0 saturated carbocycles. The fourth-order valence-corrected chi connectivity index (χ4v) is 1.49. The molecule has 0 saturated heterocycles. The van der Waals surface area contributed by atoms with Gasteiger partial charge in [0.25, 0.3) is 0 Å². The zero-order valence-electron chi connectivity index (χ0n) is 10.1. The Kier molecular flexibility index (Phi) is 4.98. The molecule has 3 N–H and O–H groups in total. The van der Waals surface area contributed by atoms with Gasteiger partial charge in [0, 0.05) is 25.8 Å². The van der Waals surface area contributed by atoms with Crippen LogP contribution in [-0.4, -0.2) is 34.8 Å². The molecule has 90 valence electrons. The van der Waals surface area contributed by atoms with Gasteiger partial charge in [0.2, 0.25) is 0 Å². The van der Waals surface area contributed by atoms with E-state index >= 15 is 0 Å². The zero-order chi connectivity index (χ0) is 12.0. The monoisotopic (exact) mass is 224 g/mol. The fraction of sp³-hybridized carbons (Fsp3) is 0.636. The normalized spacial score (nSPS) is 12.2. The van der Waals surface area contributed by atoms with Crippen LogP contribution in [0.4, 0.5) is 11.6 Å². The molecule has 0 radical (unpaired) electrons. The molecule has 5 heteroatoms. The molecule has 16 heavy (non-hydrogen) atoms. The van der Waals surface area contributed by atoms with Crippen LogP contribution in [0.1, 0.15) is 25.6 Å². The second kappa shape index (κ2) is 6.27. The molecule has 1 unspecified atom stereocenters. The molecule has 0 bridgehead atoms. The topological polar surface area (TPSA) is 70.1 Å². The highest BCUT2D eigenvalue weighted by atomic mass is 16.2. The first-order valence-electron chi connectivity index (χ1n) is 5.56. The molecule has 1 rings (SSSR count). The fourth-order valence-electron chi connectivity index (χ4n) is 1.49. The van der Waals surface area contributed by atoms with Crippen molar-refractivity contribution in [2.45, 2.75) is 32.7 Å². The van der Waals surface area contributed by atoms with Gasteiger partial charge in [0.05, 0.1) is 0 Å². The lowest BCUT2D eigenvalue weighted by atomic mass is 10.2. The van der Waals surface area contributed by atoms with E-state index in [4.69, 9.17) is 5.11 Å². The number of aliphatic hydroxyl groups is 1. The van der Waals surface area contributed by atoms with Crippen LogP contribution in [0, 0.1) is 6.92 Å². The number of aliphatic hydroxyl groups excluding tert-OH is 1. The quantitative estimate of drug-likeness (QED) is 0.681. The van der Waals surface area contributed by atoms with Crippen LogP contribution in [-0.2, 0) is 0 Å². The number of nitrogens with zero attached hydrogens (tertiary/aromatic N) is 2. The summed E-state index contributed by atoms with van der Waals surface area (Å²) >= 11 is 0. The van der Waals surface area contributed by atoms with Crippen LogP contribution in [0.2, 0.25) is 0 Å². The number of hydrogen-bond acceptors (Lipinski definition) is 5. The lowest BCUT2D eigenvalue weighted by Gasteiger charge is -2.14. The van der Waals surface area contributed by atoms with Crippen molar-refractivity contribution in [1.82, 2.24) is 9.97 Å². The van der Waals surface area contributed by atoms with E-state index < -0.39 is 0 Å².